The molecule has 2 aromatic carbocycles. The number of allylic oxidation sites excluding steroid dienone is 1. The van der Waals surface area contributed by atoms with Gasteiger partial charge in [0, 0.05) is 21.9 Å². The van der Waals surface area contributed by atoms with E-state index in [9.17, 15) is 9.59 Å². The van der Waals surface area contributed by atoms with Crippen LogP contribution in [0.1, 0.15) is 20.9 Å². The van der Waals surface area contributed by atoms with Crippen LogP contribution < -0.4 is 5.63 Å². The van der Waals surface area contributed by atoms with E-state index < -0.39 is 5.63 Å². The van der Waals surface area contributed by atoms with Crippen molar-refractivity contribution in [2.24, 2.45) is 0 Å². The van der Waals surface area contributed by atoms with Crippen LogP contribution in [0.25, 0.3) is 28.2 Å². The number of nitrogens with zero attached hydrogens (tertiary/aromatic N) is 1. The molecule has 0 spiro atoms. The van der Waals surface area contributed by atoms with E-state index in [0.29, 0.717) is 11.1 Å². The summed E-state index contributed by atoms with van der Waals surface area (Å²) in [4.78, 5) is 29.4. The molecular formula is C22H15NO3S. The molecule has 4 nitrogen and oxygen atoms in total. The normalized spacial score (nSPS) is 11.3. The van der Waals surface area contributed by atoms with E-state index in [1.807, 2.05) is 37.3 Å². The predicted molar refractivity (Wildman–Crippen MR) is 108 cm³/mol. The summed E-state index contributed by atoms with van der Waals surface area (Å²) in [7, 11) is 0. The van der Waals surface area contributed by atoms with Gasteiger partial charge < -0.3 is 4.42 Å². The summed E-state index contributed by atoms with van der Waals surface area (Å²) in [5, 5.41) is 0.858. The Morgan fingerprint density at radius 3 is 2.63 bits per heavy atom. The topological polar surface area (TPSA) is 60.2 Å². The first kappa shape index (κ1) is 17.1. The molecule has 2 aromatic heterocycles. The molecule has 0 bridgehead atoms. The number of hydrogen-bond donors (Lipinski definition) is 0. The lowest BCUT2D eigenvalue weighted by Gasteiger charge is -2.06. The minimum atomic E-state index is -0.397. The van der Waals surface area contributed by atoms with Gasteiger partial charge in [-0.05, 0) is 36.3 Å². The van der Waals surface area contributed by atoms with Crippen molar-refractivity contribution in [3.63, 3.8) is 0 Å². The van der Waals surface area contributed by atoms with Gasteiger partial charge in [-0.3, -0.25) is 4.79 Å². The zero-order valence-corrected chi connectivity index (χ0v) is 15.3. The first-order valence-electron chi connectivity index (χ1n) is 8.37. The van der Waals surface area contributed by atoms with Crippen molar-refractivity contribution in [3.8, 4) is 11.1 Å². The van der Waals surface area contributed by atoms with Crippen LogP contribution in [0, 0.1) is 6.92 Å². The molecule has 0 atom stereocenters. The predicted octanol–water partition coefficient (Wildman–Crippen LogP) is 5.12. The van der Waals surface area contributed by atoms with Gasteiger partial charge in [0.1, 0.15) is 5.58 Å². The Labute approximate surface area is 159 Å². The average molecular weight is 373 g/mol. The zero-order valence-electron chi connectivity index (χ0n) is 14.5. The molecule has 0 aliphatic rings. The van der Waals surface area contributed by atoms with Crippen LogP contribution in [0.3, 0.4) is 0 Å². The molecule has 0 radical (unpaired) electrons. The molecule has 0 saturated heterocycles. The van der Waals surface area contributed by atoms with E-state index in [2.05, 4.69) is 4.98 Å². The fourth-order valence-corrected chi connectivity index (χ4v) is 3.58. The van der Waals surface area contributed by atoms with Gasteiger partial charge in [-0.15, -0.1) is 11.3 Å². The number of aromatic nitrogens is 1. The maximum atomic E-state index is 12.4. The van der Waals surface area contributed by atoms with Crippen molar-refractivity contribution in [1.29, 1.82) is 0 Å². The number of ketones is 1. The van der Waals surface area contributed by atoms with Gasteiger partial charge in [0.2, 0.25) is 0 Å². The molecule has 27 heavy (non-hydrogen) atoms. The lowest BCUT2D eigenvalue weighted by molar-refractivity contribution is 0.104. The molecule has 2 heterocycles. The summed E-state index contributed by atoms with van der Waals surface area (Å²) in [6.07, 6.45) is 3.35. The number of hydrogen-bond acceptors (Lipinski definition) is 5. The second-order valence-electron chi connectivity index (χ2n) is 6.05. The summed E-state index contributed by atoms with van der Waals surface area (Å²) in [5.74, 6) is -0.0771. The number of aryl methyl sites for hydroxylation is 1. The van der Waals surface area contributed by atoms with Gasteiger partial charge in [0.25, 0.3) is 0 Å². The summed E-state index contributed by atoms with van der Waals surface area (Å²) >= 11 is 1.50. The molecule has 4 aromatic rings. The lowest BCUT2D eigenvalue weighted by atomic mass is 10.00. The quantitative estimate of drug-likeness (QED) is 0.283. The van der Waals surface area contributed by atoms with Gasteiger partial charge in [0.05, 0.1) is 11.2 Å². The van der Waals surface area contributed by atoms with E-state index in [1.165, 1.54) is 17.4 Å². The van der Waals surface area contributed by atoms with Crippen molar-refractivity contribution in [2.75, 3.05) is 0 Å². The Balaban J connectivity index is 1.65. The molecular weight excluding hydrogens is 358 g/mol. The Kier molecular flexibility index (Phi) is 4.52. The Hall–Kier alpha value is -3.31. The van der Waals surface area contributed by atoms with Crippen LogP contribution in [-0.4, -0.2) is 10.8 Å². The van der Waals surface area contributed by atoms with E-state index in [1.54, 1.807) is 35.9 Å². The fraction of sp³-hybridized carbons (Fsp3) is 0.0455. The van der Waals surface area contributed by atoms with Gasteiger partial charge in [-0.2, -0.15) is 0 Å². The van der Waals surface area contributed by atoms with Crippen LogP contribution in [0.15, 0.2) is 75.4 Å². The summed E-state index contributed by atoms with van der Waals surface area (Å²) in [6.45, 7) is 1.91. The molecule has 0 saturated carbocycles. The smallest absolute Gasteiger partial charge is 0.336 e. The Morgan fingerprint density at radius 2 is 1.89 bits per heavy atom. The minimum Gasteiger partial charge on any atom is -0.423 e. The van der Waals surface area contributed by atoms with E-state index in [-0.39, 0.29) is 5.78 Å². The molecule has 5 heteroatoms. The molecule has 0 amide bonds. The Bertz CT molecular complexity index is 1220. The maximum Gasteiger partial charge on any atom is 0.336 e. The third kappa shape index (κ3) is 3.50. The van der Waals surface area contributed by atoms with E-state index in [0.717, 1.165) is 27.1 Å². The number of carbonyl (C=O) groups is 1. The third-order valence-corrected chi connectivity index (χ3v) is 5.20. The fourth-order valence-electron chi connectivity index (χ4n) is 2.88. The number of carbonyl (C=O) groups excluding carboxylic acids is 1. The highest BCUT2D eigenvalue weighted by atomic mass is 32.1. The molecule has 0 aliphatic heterocycles. The standard InChI is InChI=1S/C22H15NO3S/c1-14-21(27-13-23-14)11-10-19(24)16-8-6-15(7-9-16)18-12-22(25)26-20-5-3-2-4-17(18)20/h2-13H,1H3. The first-order chi connectivity index (χ1) is 13.1. The summed E-state index contributed by atoms with van der Waals surface area (Å²) in [6, 6.07) is 16.1. The molecule has 132 valence electrons. The molecule has 0 fully saturated rings. The molecule has 0 unspecified atom stereocenters. The second-order valence-corrected chi connectivity index (χ2v) is 6.94. The van der Waals surface area contributed by atoms with Crippen molar-refractivity contribution in [1.82, 2.24) is 4.98 Å². The minimum absolute atomic E-state index is 0.0771. The zero-order chi connectivity index (χ0) is 18.8. The van der Waals surface area contributed by atoms with Crippen molar-refractivity contribution in [2.45, 2.75) is 6.92 Å². The van der Waals surface area contributed by atoms with Crippen molar-refractivity contribution in [3.05, 3.63) is 92.7 Å². The van der Waals surface area contributed by atoms with E-state index in [4.69, 9.17) is 4.42 Å². The average Bonchev–Trinajstić information content (AvgIpc) is 3.10. The number of benzene rings is 2. The largest absolute Gasteiger partial charge is 0.423 e. The highest BCUT2D eigenvalue weighted by Gasteiger charge is 2.09. The van der Waals surface area contributed by atoms with Crippen LogP contribution >= 0.6 is 11.3 Å². The van der Waals surface area contributed by atoms with E-state index >= 15 is 0 Å². The number of thiazole rings is 1. The summed E-state index contributed by atoms with van der Waals surface area (Å²) in [5.41, 5.74) is 5.05. The van der Waals surface area contributed by atoms with Crippen molar-refractivity contribution < 1.29 is 9.21 Å². The molecule has 0 aliphatic carbocycles. The Morgan fingerprint density at radius 1 is 1.11 bits per heavy atom. The van der Waals surface area contributed by atoms with Gasteiger partial charge in [0.15, 0.2) is 5.78 Å². The second kappa shape index (κ2) is 7.13. The highest BCUT2D eigenvalue weighted by Crippen LogP contribution is 2.27. The third-order valence-electron chi connectivity index (χ3n) is 4.30. The van der Waals surface area contributed by atoms with Crippen LogP contribution in [0.4, 0.5) is 0 Å². The van der Waals surface area contributed by atoms with Crippen LogP contribution in [0.5, 0.6) is 0 Å². The number of rotatable bonds is 4. The first-order valence-corrected chi connectivity index (χ1v) is 9.25. The SMILES string of the molecule is Cc1ncsc1C=CC(=O)c1ccc(-c2cc(=O)oc3ccccc23)cc1. The van der Waals surface area contributed by atoms with Crippen molar-refractivity contribution >= 4 is 34.2 Å². The van der Waals surface area contributed by atoms with Crippen LogP contribution in [-0.2, 0) is 0 Å². The summed E-state index contributed by atoms with van der Waals surface area (Å²) < 4.78 is 5.24. The van der Waals surface area contributed by atoms with Gasteiger partial charge >= 0.3 is 5.63 Å². The monoisotopic (exact) mass is 373 g/mol. The molecule has 0 N–H and O–H groups in total. The van der Waals surface area contributed by atoms with Gasteiger partial charge in [-0.25, -0.2) is 9.78 Å². The number of para-hydroxylation sites is 1. The highest BCUT2D eigenvalue weighted by molar-refractivity contribution is 7.10. The lowest BCUT2D eigenvalue weighted by Crippen LogP contribution is -1.98. The maximum absolute atomic E-state index is 12.4. The van der Waals surface area contributed by atoms with Gasteiger partial charge in [-0.1, -0.05) is 42.5 Å². The van der Waals surface area contributed by atoms with Crippen LogP contribution in [0.2, 0.25) is 0 Å². The molecule has 4 rings (SSSR count). The number of fused-ring (bicyclic) bond motifs is 1.